The molecule has 0 saturated heterocycles. The maximum absolute atomic E-state index is 12.4. The number of nitrogens with two attached hydrogens (primary N) is 1. The van der Waals surface area contributed by atoms with Gasteiger partial charge in [-0.3, -0.25) is 4.79 Å². The molecule has 0 spiro atoms. The zero-order chi connectivity index (χ0) is 15.3. The second-order valence-electron chi connectivity index (χ2n) is 5.66. The number of halogens is 1. The summed E-state index contributed by atoms with van der Waals surface area (Å²) in [4.78, 5) is 12.4. The largest absolute Gasteiger partial charge is 0.496 e. The van der Waals surface area contributed by atoms with Crippen molar-refractivity contribution in [1.82, 2.24) is 5.32 Å². The minimum atomic E-state index is -0.435. The van der Waals surface area contributed by atoms with E-state index in [1.54, 1.807) is 18.2 Å². The van der Waals surface area contributed by atoms with Crippen molar-refractivity contribution in [2.45, 2.75) is 32.7 Å². The van der Waals surface area contributed by atoms with Crippen molar-refractivity contribution >= 4 is 17.5 Å². The first kappa shape index (κ1) is 16.8. The van der Waals surface area contributed by atoms with Crippen LogP contribution in [0.2, 0.25) is 5.02 Å². The van der Waals surface area contributed by atoms with Gasteiger partial charge in [0.1, 0.15) is 5.75 Å². The van der Waals surface area contributed by atoms with Crippen molar-refractivity contribution in [2.24, 2.45) is 11.7 Å². The summed E-state index contributed by atoms with van der Waals surface area (Å²) in [6.45, 7) is 6.53. The molecule has 0 saturated carbocycles. The number of methoxy groups -OCH3 is 1. The Hall–Kier alpha value is -1.26. The predicted octanol–water partition coefficient (Wildman–Crippen LogP) is 2.84. The van der Waals surface area contributed by atoms with Crippen LogP contribution in [0.25, 0.3) is 0 Å². The summed E-state index contributed by atoms with van der Waals surface area (Å²) in [5.74, 6) is 0.696. The highest BCUT2D eigenvalue weighted by Crippen LogP contribution is 2.24. The summed E-state index contributed by atoms with van der Waals surface area (Å²) in [5.41, 5.74) is 5.83. The van der Waals surface area contributed by atoms with Gasteiger partial charge in [-0.25, -0.2) is 0 Å². The molecule has 1 aromatic rings. The maximum Gasteiger partial charge on any atom is 0.255 e. The van der Waals surface area contributed by atoms with Crippen LogP contribution in [0.3, 0.4) is 0 Å². The van der Waals surface area contributed by atoms with Crippen LogP contribution in [0.15, 0.2) is 18.2 Å². The van der Waals surface area contributed by atoms with Crippen molar-refractivity contribution in [3.63, 3.8) is 0 Å². The second-order valence-corrected chi connectivity index (χ2v) is 6.10. The number of ether oxygens (including phenoxy) is 1. The highest BCUT2D eigenvalue weighted by atomic mass is 35.5. The summed E-state index contributed by atoms with van der Waals surface area (Å²) in [6.07, 6.45) is 0.811. The number of carbonyl (C=O) groups excluding carboxylic acids is 1. The lowest BCUT2D eigenvalue weighted by molar-refractivity contribution is 0.0895. The van der Waals surface area contributed by atoms with Gasteiger partial charge in [0.2, 0.25) is 0 Å². The van der Waals surface area contributed by atoms with E-state index in [2.05, 4.69) is 19.2 Å². The van der Waals surface area contributed by atoms with Gasteiger partial charge in [0.05, 0.1) is 12.7 Å². The third-order valence-corrected chi connectivity index (χ3v) is 3.37. The molecule has 4 nitrogen and oxygen atoms in total. The number of amides is 1. The fraction of sp³-hybridized carbons (Fsp3) is 0.533. The summed E-state index contributed by atoms with van der Waals surface area (Å²) >= 11 is 5.90. The Morgan fingerprint density at radius 3 is 2.65 bits per heavy atom. The molecule has 1 atom stereocenters. The minimum absolute atomic E-state index is 0.202. The summed E-state index contributed by atoms with van der Waals surface area (Å²) in [6, 6.07) is 4.95. The summed E-state index contributed by atoms with van der Waals surface area (Å²) in [7, 11) is 1.51. The Morgan fingerprint density at radius 1 is 1.50 bits per heavy atom. The summed E-state index contributed by atoms with van der Waals surface area (Å²) in [5, 5.41) is 3.53. The van der Waals surface area contributed by atoms with Crippen LogP contribution in [0.5, 0.6) is 5.75 Å². The topological polar surface area (TPSA) is 64.3 Å². The molecule has 0 aliphatic rings. The van der Waals surface area contributed by atoms with Crippen LogP contribution < -0.4 is 15.8 Å². The van der Waals surface area contributed by atoms with Gasteiger partial charge in [-0.2, -0.15) is 0 Å². The highest BCUT2D eigenvalue weighted by molar-refractivity contribution is 6.30. The van der Waals surface area contributed by atoms with Crippen molar-refractivity contribution in [3.05, 3.63) is 28.8 Å². The van der Waals surface area contributed by atoms with E-state index in [0.29, 0.717) is 28.8 Å². The van der Waals surface area contributed by atoms with Crippen LogP contribution in [0, 0.1) is 5.92 Å². The molecule has 1 unspecified atom stereocenters. The Kier molecular flexibility index (Phi) is 5.84. The van der Waals surface area contributed by atoms with Crippen LogP contribution >= 0.6 is 11.6 Å². The molecule has 0 radical (unpaired) electrons. The molecule has 3 N–H and O–H groups in total. The molecule has 1 rings (SSSR count). The number of benzene rings is 1. The predicted molar refractivity (Wildman–Crippen MR) is 82.4 cm³/mol. The quantitative estimate of drug-likeness (QED) is 0.849. The lowest BCUT2D eigenvalue weighted by Crippen LogP contribution is -2.52. The molecule has 1 amide bonds. The molecule has 112 valence electrons. The zero-order valence-electron chi connectivity index (χ0n) is 12.5. The van der Waals surface area contributed by atoms with Gasteiger partial charge in [-0.1, -0.05) is 25.4 Å². The monoisotopic (exact) mass is 298 g/mol. The van der Waals surface area contributed by atoms with E-state index in [0.717, 1.165) is 6.42 Å². The molecule has 0 bridgehead atoms. The van der Waals surface area contributed by atoms with Crippen LogP contribution in [-0.2, 0) is 0 Å². The molecule has 5 heteroatoms. The first-order valence-corrected chi connectivity index (χ1v) is 7.05. The van der Waals surface area contributed by atoms with Gasteiger partial charge in [-0.05, 0) is 37.5 Å². The first-order chi connectivity index (χ1) is 9.31. The Bertz CT molecular complexity index is 477. The van der Waals surface area contributed by atoms with Gasteiger partial charge in [0, 0.05) is 17.1 Å². The number of hydrogen-bond donors (Lipinski definition) is 2. The van der Waals surface area contributed by atoms with Crippen molar-refractivity contribution in [1.29, 1.82) is 0 Å². The lowest BCUT2D eigenvalue weighted by atomic mass is 9.90. The van der Waals surface area contributed by atoms with Gasteiger partial charge in [0.15, 0.2) is 0 Å². The van der Waals surface area contributed by atoms with E-state index in [1.807, 2.05) is 6.92 Å². The maximum atomic E-state index is 12.4. The molecule has 20 heavy (non-hydrogen) atoms. The Morgan fingerprint density at radius 2 is 2.15 bits per heavy atom. The van der Waals surface area contributed by atoms with E-state index in [-0.39, 0.29) is 5.91 Å². The van der Waals surface area contributed by atoms with Crippen LogP contribution in [0.1, 0.15) is 37.6 Å². The Labute approximate surface area is 125 Å². The van der Waals surface area contributed by atoms with Crippen molar-refractivity contribution in [3.8, 4) is 5.75 Å². The number of rotatable bonds is 6. The van der Waals surface area contributed by atoms with Crippen molar-refractivity contribution < 1.29 is 9.53 Å². The SMILES string of the molecule is COc1cc(Cl)ccc1C(=O)NC(C)(CN)CC(C)C. The van der Waals surface area contributed by atoms with E-state index in [1.165, 1.54) is 7.11 Å². The van der Waals surface area contributed by atoms with E-state index in [4.69, 9.17) is 22.1 Å². The molecule has 0 fully saturated rings. The summed E-state index contributed by atoms with van der Waals surface area (Å²) < 4.78 is 5.20. The van der Waals surface area contributed by atoms with Crippen molar-refractivity contribution in [2.75, 3.05) is 13.7 Å². The first-order valence-electron chi connectivity index (χ1n) is 6.67. The van der Waals surface area contributed by atoms with E-state index in [9.17, 15) is 4.79 Å². The average Bonchev–Trinajstić information content (AvgIpc) is 2.37. The second kappa shape index (κ2) is 6.95. The van der Waals surface area contributed by atoms with Gasteiger partial charge >= 0.3 is 0 Å². The third-order valence-electron chi connectivity index (χ3n) is 3.13. The fourth-order valence-electron chi connectivity index (χ4n) is 2.28. The minimum Gasteiger partial charge on any atom is -0.496 e. The normalized spacial score (nSPS) is 13.9. The fourth-order valence-corrected chi connectivity index (χ4v) is 2.44. The van der Waals surface area contributed by atoms with Gasteiger partial charge < -0.3 is 15.8 Å². The van der Waals surface area contributed by atoms with Gasteiger partial charge in [-0.15, -0.1) is 0 Å². The van der Waals surface area contributed by atoms with Crippen LogP contribution in [0.4, 0.5) is 0 Å². The molecular weight excluding hydrogens is 276 g/mol. The Balaban J connectivity index is 2.95. The van der Waals surface area contributed by atoms with Gasteiger partial charge in [0.25, 0.3) is 5.91 Å². The highest BCUT2D eigenvalue weighted by Gasteiger charge is 2.27. The standard InChI is InChI=1S/C15H23ClN2O2/c1-10(2)8-15(3,9-17)18-14(19)12-6-5-11(16)7-13(12)20-4/h5-7,10H,8-9,17H2,1-4H3,(H,18,19). The average molecular weight is 299 g/mol. The van der Waals surface area contributed by atoms with E-state index >= 15 is 0 Å². The molecule has 0 aromatic heterocycles. The molecule has 0 aliphatic heterocycles. The zero-order valence-corrected chi connectivity index (χ0v) is 13.3. The number of carbonyl (C=O) groups is 1. The smallest absolute Gasteiger partial charge is 0.255 e. The lowest BCUT2D eigenvalue weighted by Gasteiger charge is -2.31. The molecule has 1 aromatic carbocycles. The molecular formula is C15H23ClN2O2. The van der Waals surface area contributed by atoms with Crippen LogP contribution in [-0.4, -0.2) is 25.1 Å². The molecule has 0 heterocycles. The third kappa shape index (κ3) is 4.39. The molecule has 0 aliphatic carbocycles. The number of hydrogen-bond acceptors (Lipinski definition) is 3. The number of nitrogens with one attached hydrogen (secondary N) is 1. The van der Waals surface area contributed by atoms with E-state index < -0.39 is 5.54 Å².